The summed E-state index contributed by atoms with van der Waals surface area (Å²) in [4.78, 5) is 4.64. The molecule has 0 spiro atoms. The lowest BCUT2D eigenvalue weighted by Crippen LogP contribution is -2.02. The number of fused-ring (bicyclic) bond motifs is 1. The molecule has 0 atom stereocenters. The molecular weight excluding hydrogens is 364 g/mol. The quantitative estimate of drug-likeness (QED) is 0.575. The maximum Gasteiger partial charge on any atom is 0.163 e. The fraction of sp³-hybridized carbons (Fsp3) is 0.211. The highest BCUT2D eigenvalue weighted by Gasteiger charge is 2.13. The molecule has 0 aliphatic heterocycles. The van der Waals surface area contributed by atoms with Crippen LogP contribution in [0.15, 0.2) is 36.5 Å². The smallest absolute Gasteiger partial charge is 0.163 e. The molecule has 0 amide bonds. The Hall–Kier alpha value is -3.06. The number of hydrogen-bond donors (Lipinski definition) is 1. The number of hydrogen-bond acceptors (Lipinski definition) is 5. The van der Waals surface area contributed by atoms with Crippen molar-refractivity contribution in [3.8, 4) is 17.0 Å². The second-order valence-electron chi connectivity index (χ2n) is 6.40. The predicted octanol–water partition coefficient (Wildman–Crippen LogP) is 4.08. The summed E-state index contributed by atoms with van der Waals surface area (Å²) in [5.74, 6) is 2.17. The van der Waals surface area contributed by atoms with E-state index in [9.17, 15) is 0 Å². The highest BCUT2D eigenvalue weighted by atomic mass is 35.5. The van der Waals surface area contributed by atoms with E-state index in [1.54, 1.807) is 22.7 Å². The summed E-state index contributed by atoms with van der Waals surface area (Å²) in [5.41, 5.74) is 3.63. The van der Waals surface area contributed by atoms with Crippen molar-refractivity contribution in [3.05, 3.63) is 47.1 Å². The summed E-state index contributed by atoms with van der Waals surface area (Å²) >= 11 is 6.19. The van der Waals surface area contributed by atoms with Crippen molar-refractivity contribution in [2.75, 3.05) is 12.4 Å². The van der Waals surface area contributed by atoms with E-state index in [4.69, 9.17) is 16.3 Å². The molecule has 3 aromatic heterocycles. The molecule has 0 bridgehead atoms. The first-order chi connectivity index (χ1) is 12.9. The first-order valence-corrected chi connectivity index (χ1v) is 8.78. The van der Waals surface area contributed by atoms with Gasteiger partial charge in [0.05, 0.1) is 24.4 Å². The Kier molecular flexibility index (Phi) is 4.24. The predicted molar refractivity (Wildman–Crippen MR) is 107 cm³/mol. The first kappa shape index (κ1) is 17.4. The molecule has 4 aromatic rings. The van der Waals surface area contributed by atoms with Gasteiger partial charge in [0.15, 0.2) is 5.65 Å². The number of pyridine rings is 1. The lowest BCUT2D eigenvalue weighted by molar-refractivity contribution is 0.419. The highest BCUT2D eigenvalue weighted by Crippen LogP contribution is 2.30. The zero-order chi connectivity index (χ0) is 19.1. The van der Waals surface area contributed by atoms with Crippen molar-refractivity contribution in [2.45, 2.75) is 6.92 Å². The molecule has 0 unspecified atom stereocenters. The molecule has 0 fully saturated rings. The summed E-state index contributed by atoms with van der Waals surface area (Å²) in [5, 5.41) is 13.7. The van der Waals surface area contributed by atoms with Crippen LogP contribution in [0.1, 0.15) is 5.56 Å². The molecule has 1 N–H and O–H groups in total. The molecule has 7 nitrogen and oxygen atoms in total. The van der Waals surface area contributed by atoms with Crippen molar-refractivity contribution in [1.82, 2.24) is 24.5 Å². The number of nitrogens with one attached hydrogen (secondary N) is 1. The molecule has 0 aliphatic carbocycles. The summed E-state index contributed by atoms with van der Waals surface area (Å²) in [7, 11) is 5.36. The van der Waals surface area contributed by atoms with Crippen LogP contribution in [0.3, 0.4) is 0 Å². The molecule has 0 aliphatic rings. The Balaban J connectivity index is 1.72. The van der Waals surface area contributed by atoms with Gasteiger partial charge < -0.3 is 10.1 Å². The van der Waals surface area contributed by atoms with Crippen LogP contribution in [0, 0.1) is 6.92 Å². The third kappa shape index (κ3) is 3.21. The van der Waals surface area contributed by atoms with Crippen molar-refractivity contribution < 1.29 is 4.74 Å². The molecule has 1 aromatic carbocycles. The third-order valence-electron chi connectivity index (χ3n) is 4.36. The van der Waals surface area contributed by atoms with Gasteiger partial charge in [-0.1, -0.05) is 11.6 Å². The lowest BCUT2D eigenvalue weighted by Gasteiger charge is -2.08. The van der Waals surface area contributed by atoms with Crippen molar-refractivity contribution in [1.29, 1.82) is 0 Å². The Bertz CT molecular complexity index is 1130. The molecule has 8 heteroatoms. The number of rotatable bonds is 4. The standard InChI is InChI=1S/C19H19ClN6O/c1-11-5-12(7-13(20)6-11)15-8-18(25(2)24-15)22-17-9-16(27-4)14-10-21-26(3)19(14)23-17/h5-10H,1-4H3,(H,22,23). The molecule has 4 rings (SSSR count). The maximum atomic E-state index is 6.19. The van der Waals surface area contributed by atoms with Crippen molar-refractivity contribution in [2.24, 2.45) is 14.1 Å². The van der Waals surface area contributed by atoms with Crippen molar-refractivity contribution >= 4 is 34.3 Å². The Labute approximate surface area is 161 Å². The number of aromatic nitrogens is 5. The summed E-state index contributed by atoms with van der Waals surface area (Å²) < 4.78 is 8.97. The van der Waals surface area contributed by atoms with E-state index in [1.165, 1.54) is 0 Å². The minimum absolute atomic E-state index is 0.653. The van der Waals surface area contributed by atoms with Crippen LogP contribution in [0.5, 0.6) is 5.75 Å². The fourth-order valence-electron chi connectivity index (χ4n) is 3.06. The van der Waals surface area contributed by atoms with E-state index in [0.29, 0.717) is 16.6 Å². The lowest BCUT2D eigenvalue weighted by atomic mass is 10.1. The second kappa shape index (κ2) is 6.59. The number of anilines is 2. The summed E-state index contributed by atoms with van der Waals surface area (Å²) in [6, 6.07) is 9.70. The SMILES string of the molecule is COc1cc(Nc2cc(-c3cc(C)cc(Cl)c3)nn2C)nc2c1cnn2C. The van der Waals surface area contributed by atoms with Gasteiger partial charge in [-0.2, -0.15) is 10.2 Å². The van der Waals surface area contributed by atoms with Gasteiger partial charge in [-0.15, -0.1) is 0 Å². The molecule has 138 valence electrons. The van der Waals surface area contributed by atoms with Crippen LogP contribution < -0.4 is 10.1 Å². The van der Waals surface area contributed by atoms with E-state index in [0.717, 1.165) is 33.7 Å². The number of ether oxygens (including phenoxy) is 1. The van der Waals surface area contributed by atoms with Gasteiger partial charge in [0.2, 0.25) is 0 Å². The topological polar surface area (TPSA) is 69.8 Å². The monoisotopic (exact) mass is 382 g/mol. The number of halogens is 1. The number of methoxy groups -OCH3 is 1. The van der Waals surface area contributed by atoms with Gasteiger partial charge in [-0.3, -0.25) is 9.36 Å². The van der Waals surface area contributed by atoms with Gasteiger partial charge in [0.1, 0.15) is 17.4 Å². The number of aryl methyl sites for hydroxylation is 3. The van der Waals surface area contributed by atoms with Crippen LogP contribution in [-0.2, 0) is 14.1 Å². The Morgan fingerprint density at radius 1 is 1.07 bits per heavy atom. The summed E-state index contributed by atoms with van der Waals surface area (Å²) in [6.45, 7) is 2.01. The van der Waals surface area contributed by atoms with Crippen LogP contribution >= 0.6 is 11.6 Å². The second-order valence-corrected chi connectivity index (χ2v) is 6.83. The van der Waals surface area contributed by atoms with Crippen LogP contribution in [0.4, 0.5) is 11.6 Å². The van der Waals surface area contributed by atoms with Crippen LogP contribution in [-0.4, -0.2) is 31.7 Å². The highest BCUT2D eigenvalue weighted by molar-refractivity contribution is 6.30. The number of nitrogens with zero attached hydrogens (tertiary/aromatic N) is 5. The molecule has 3 heterocycles. The molecule has 0 saturated heterocycles. The van der Waals surface area contributed by atoms with Gasteiger partial charge in [0, 0.05) is 36.8 Å². The average Bonchev–Trinajstić information content (AvgIpc) is 3.17. The largest absolute Gasteiger partial charge is 0.496 e. The molecule has 0 radical (unpaired) electrons. The molecule has 27 heavy (non-hydrogen) atoms. The summed E-state index contributed by atoms with van der Waals surface area (Å²) in [6.07, 6.45) is 1.74. The average molecular weight is 383 g/mol. The molecular formula is C19H19ClN6O. The number of benzene rings is 1. The van der Waals surface area contributed by atoms with Crippen LogP contribution in [0.25, 0.3) is 22.3 Å². The van der Waals surface area contributed by atoms with Gasteiger partial charge >= 0.3 is 0 Å². The third-order valence-corrected chi connectivity index (χ3v) is 4.58. The Morgan fingerprint density at radius 2 is 1.89 bits per heavy atom. The van der Waals surface area contributed by atoms with E-state index < -0.39 is 0 Å². The maximum absolute atomic E-state index is 6.19. The first-order valence-electron chi connectivity index (χ1n) is 8.40. The van der Waals surface area contributed by atoms with Gasteiger partial charge in [-0.05, 0) is 30.7 Å². The molecule has 0 saturated carbocycles. The van der Waals surface area contributed by atoms with E-state index >= 15 is 0 Å². The minimum Gasteiger partial charge on any atom is -0.496 e. The van der Waals surface area contributed by atoms with E-state index in [2.05, 4.69) is 26.6 Å². The zero-order valence-electron chi connectivity index (χ0n) is 15.5. The minimum atomic E-state index is 0.653. The van der Waals surface area contributed by atoms with E-state index in [1.807, 2.05) is 45.3 Å². The Morgan fingerprint density at radius 3 is 2.63 bits per heavy atom. The van der Waals surface area contributed by atoms with Gasteiger partial charge in [0.25, 0.3) is 0 Å². The van der Waals surface area contributed by atoms with Gasteiger partial charge in [-0.25, -0.2) is 4.98 Å². The normalized spacial score (nSPS) is 11.1. The van der Waals surface area contributed by atoms with E-state index in [-0.39, 0.29) is 0 Å². The van der Waals surface area contributed by atoms with Crippen molar-refractivity contribution in [3.63, 3.8) is 0 Å². The van der Waals surface area contributed by atoms with Crippen LogP contribution in [0.2, 0.25) is 5.02 Å². The fourth-order valence-corrected chi connectivity index (χ4v) is 3.35. The zero-order valence-corrected chi connectivity index (χ0v) is 16.2.